The minimum Gasteiger partial charge on any atom is -0.461 e. The Balaban J connectivity index is 2.29. The zero-order chi connectivity index (χ0) is 20.3. The van der Waals surface area contributed by atoms with E-state index >= 15 is 0 Å². The van der Waals surface area contributed by atoms with Crippen LogP contribution in [0.25, 0.3) is 16.5 Å². The number of nitrogens with zero attached hydrogens (tertiary/aromatic N) is 2. The molecule has 0 saturated carbocycles. The second-order valence-corrected chi connectivity index (χ2v) is 6.85. The fourth-order valence-electron chi connectivity index (χ4n) is 2.73. The van der Waals surface area contributed by atoms with Gasteiger partial charge < -0.3 is 10.1 Å². The molecule has 28 heavy (non-hydrogen) atoms. The van der Waals surface area contributed by atoms with Gasteiger partial charge in [-0.3, -0.25) is 9.59 Å². The molecule has 0 aliphatic rings. The van der Waals surface area contributed by atoms with Crippen molar-refractivity contribution in [3.63, 3.8) is 0 Å². The van der Waals surface area contributed by atoms with Gasteiger partial charge in [0.25, 0.3) is 5.56 Å². The summed E-state index contributed by atoms with van der Waals surface area (Å²) in [5, 5.41) is 9.53. The number of nitrogens with one attached hydrogen (secondary N) is 1. The van der Waals surface area contributed by atoms with Gasteiger partial charge >= 0.3 is 5.97 Å². The molecule has 0 bridgehead atoms. The van der Waals surface area contributed by atoms with E-state index in [0.717, 1.165) is 16.9 Å². The second-order valence-electron chi connectivity index (χ2n) is 5.97. The van der Waals surface area contributed by atoms with E-state index in [0.29, 0.717) is 16.1 Å². The Hall–Kier alpha value is -3.26. The summed E-state index contributed by atoms with van der Waals surface area (Å²) in [4.78, 5) is 37.6. The molecule has 8 heteroatoms. The predicted octanol–water partition coefficient (Wildman–Crippen LogP) is 3.45. The minimum atomic E-state index is -0.627. The van der Waals surface area contributed by atoms with Crippen molar-refractivity contribution in [1.29, 1.82) is 0 Å². The van der Waals surface area contributed by atoms with Gasteiger partial charge in [-0.15, -0.1) is 11.3 Å². The number of benzene rings is 1. The molecule has 3 rings (SSSR count). The molecule has 1 amide bonds. The van der Waals surface area contributed by atoms with E-state index in [2.05, 4.69) is 10.4 Å². The molecule has 144 valence electrons. The van der Waals surface area contributed by atoms with Crippen LogP contribution in [0, 0.1) is 6.92 Å². The van der Waals surface area contributed by atoms with Crippen LogP contribution in [0.4, 0.5) is 5.00 Å². The lowest BCUT2D eigenvalue weighted by molar-refractivity contribution is -0.111. The highest BCUT2D eigenvalue weighted by Gasteiger charge is 2.22. The van der Waals surface area contributed by atoms with E-state index in [-0.39, 0.29) is 23.6 Å². The number of carbonyl (C=O) groups excluding carboxylic acids is 2. The molecule has 0 aliphatic heterocycles. The number of rotatable bonds is 5. The van der Waals surface area contributed by atoms with Crippen molar-refractivity contribution >= 4 is 39.0 Å². The van der Waals surface area contributed by atoms with E-state index in [4.69, 9.17) is 4.74 Å². The molecule has 0 unspecified atom stereocenters. The maximum Gasteiger partial charge on any atom is 0.359 e. The molecule has 0 aliphatic carbocycles. The highest BCUT2D eigenvalue weighted by Crippen LogP contribution is 2.30. The maximum atomic E-state index is 13.2. The predicted molar refractivity (Wildman–Crippen MR) is 109 cm³/mol. The molecule has 3 aromatic rings. The van der Waals surface area contributed by atoms with Crippen LogP contribution in [0.3, 0.4) is 0 Å². The number of esters is 1. The van der Waals surface area contributed by atoms with Crippen LogP contribution in [0.15, 0.2) is 46.6 Å². The van der Waals surface area contributed by atoms with E-state index in [1.165, 1.54) is 10.8 Å². The topological polar surface area (TPSA) is 90.3 Å². The summed E-state index contributed by atoms with van der Waals surface area (Å²) in [5.41, 5.74) is 1.07. The van der Waals surface area contributed by atoms with Crippen LogP contribution in [0.5, 0.6) is 0 Å². The summed E-state index contributed by atoms with van der Waals surface area (Å²) in [6, 6.07) is 7.22. The van der Waals surface area contributed by atoms with Crippen molar-refractivity contribution in [2.75, 3.05) is 11.9 Å². The summed E-state index contributed by atoms with van der Waals surface area (Å²) in [6.45, 7) is 5.49. The van der Waals surface area contributed by atoms with Crippen LogP contribution in [-0.4, -0.2) is 28.3 Å². The Morgan fingerprint density at radius 2 is 2.14 bits per heavy atom. The Labute approximate surface area is 165 Å². The van der Waals surface area contributed by atoms with Gasteiger partial charge in [-0.05, 0) is 44.5 Å². The fourth-order valence-corrected chi connectivity index (χ4v) is 3.67. The molecular formula is C20H19N3O4S. The summed E-state index contributed by atoms with van der Waals surface area (Å²) in [7, 11) is 0. The van der Waals surface area contributed by atoms with Crippen molar-refractivity contribution in [1.82, 2.24) is 9.78 Å². The van der Waals surface area contributed by atoms with Crippen LogP contribution < -0.4 is 10.9 Å². The van der Waals surface area contributed by atoms with Crippen molar-refractivity contribution in [2.24, 2.45) is 0 Å². The van der Waals surface area contributed by atoms with Crippen molar-refractivity contribution in [3.05, 3.63) is 63.4 Å². The Morgan fingerprint density at radius 3 is 2.82 bits per heavy atom. The number of fused-ring (bicyclic) bond motifs is 1. The first-order valence-electron chi connectivity index (χ1n) is 8.68. The van der Waals surface area contributed by atoms with Crippen molar-refractivity contribution < 1.29 is 14.3 Å². The average Bonchev–Trinajstić information content (AvgIpc) is 3.06. The number of hydrogen-bond acceptors (Lipinski definition) is 6. The third-order valence-electron chi connectivity index (χ3n) is 3.92. The standard InChI is InChI=1S/C20H19N3O4S/c1-4-7-15(24)21-18-16-14(11-28-18)17(20(26)27-5-2)22-23(19(16)25)13-9-6-8-12(3)10-13/h4,6-11H,5H2,1-3H3,(H,21,24)/b7-4+. The third kappa shape index (κ3) is 3.72. The van der Waals surface area contributed by atoms with Gasteiger partial charge in [0.2, 0.25) is 5.91 Å². The lowest BCUT2D eigenvalue weighted by Gasteiger charge is -2.10. The Kier molecular flexibility index (Phi) is 5.70. The number of aromatic nitrogens is 2. The number of allylic oxidation sites excluding steroid dienone is 1. The van der Waals surface area contributed by atoms with Crippen LogP contribution in [-0.2, 0) is 9.53 Å². The average molecular weight is 397 g/mol. The lowest BCUT2D eigenvalue weighted by atomic mass is 10.2. The van der Waals surface area contributed by atoms with Crippen LogP contribution in [0.1, 0.15) is 29.9 Å². The summed E-state index contributed by atoms with van der Waals surface area (Å²) >= 11 is 1.16. The third-order valence-corrected chi connectivity index (χ3v) is 4.82. The molecule has 0 atom stereocenters. The highest BCUT2D eigenvalue weighted by molar-refractivity contribution is 7.16. The highest BCUT2D eigenvalue weighted by atomic mass is 32.1. The van der Waals surface area contributed by atoms with E-state index in [1.54, 1.807) is 43.5 Å². The lowest BCUT2D eigenvalue weighted by Crippen LogP contribution is -2.25. The molecule has 0 fully saturated rings. The summed E-state index contributed by atoms with van der Waals surface area (Å²) in [6.07, 6.45) is 2.96. The molecule has 0 radical (unpaired) electrons. The summed E-state index contributed by atoms with van der Waals surface area (Å²) in [5.74, 6) is -0.986. The number of amides is 1. The Bertz CT molecular complexity index is 1140. The zero-order valence-corrected chi connectivity index (χ0v) is 16.5. The number of ether oxygens (including phenoxy) is 1. The molecule has 2 heterocycles. The van der Waals surface area contributed by atoms with Crippen LogP contribution in [0.2, 0.25) is 0 Å². The minimum absolute atomic E-state index is 0.0285. The first-order chi connectivity index (χ1) is 13.5. The molecule has 7 nitrogen and oxygen atoms in total. The first-order valence-corrected chi connectivity index (χ1v) is 9.56. The molecule has 1 aromatic carbocycles. The Morgan fingerprint density at radius 1 is 1.36 bits per heavy atom. The van der Waals surface area contributed by atoms with Gasteiger partial charge in [0.05, 0.1) is 17.7 Å². The van der Waals surface area contributed by atoms with Crippen molar-refractivity contribution in [3.8, 4) is 5.69 Å². The molecule has 0 saturated heterocycles. The SMILES string of the molecule is C/C=C/C(=O)Nc1scc2c(C(=O)OCC)nn(-c3cccc(C)c3)c(=O)c12. The van der Waals surface area contributed by atoms with Gasteiger partial charge in [0.15, 0.2) is 5.69 Å². The van der Waals surface area contributed by atoms with Crippen molar-refractivity contribution in [2.45, 2.75) is 20.8 Å². The molecule has 0 spiro atoms. The largest absolute Gasteiger partial charge is 0.461 e. The number of thiophene rings is 1. The second kappa shape index (κ2) is 8.18. The monoisotopic (exact) mass is 397 g/mol. The number of hydrogen-bond donors (Lipinski definition) is 1. The van der Waals surface area contributed by atoms with Gasteiger partial charge in [-0.1, -0.05) is 18.2 Å². The van der Waals surface area contributed by atoms with Gasteiger partial charge in [0, 0.05) is 10.8 Å². The first kappa shape index (κ1) is 19.5. The number of aryl methyl sites for hydroxylation is 1. The molecule has 2 aromatic heterocycles. The van der Waals surface area contributed by atoms with Gasteiger partial charge in [-0.2, -0.15) is 9.78 Å². The smallest absolute Gasteiger partial charge is 0.359 e. The van der Waals surface area contributed by atoms with E-state index < -0.39 is 11.5 Å². The number of anilines is 1. The number of carbonyl (C=O) groups is 2. The zero-order valence-electron chi connectivity index (χ0n) is 15.7. The van der Waals surface area contributed by atoms with Crippen LogP contribution >= 0.6 is 11.3 Å². The maximum absolute atomic E-state index is 13.2. The van der Waals surface area contributed by atoms with E-state index in [1.807, 2.05) is 13.0 Å². The molecular weight excluding hydrogens is 378 g/mol. The quantitative estimate of drug-likeness (QED) is 0.526. The molecule has 1 N–H and O–H groups in total. The normalized spacial score (nSPS) is 11.1. The summed E-state index contributed by atoms with van der Waals surface area (Å²) < 4.78 is 6.28. The van der Waals surface area contributed by atoms with E-state index in [9.17, 15) is 14.4 Å². The fraction of sp³-hybridized carbons (Fsp3) is 0.200. The van der Waals surface area contributed by atoms with Gasteiger partial charge in [-0.25, -0.2) is 4.79 Å². The van der Waals surface area contributed by atoms with Gasteiger partial charge in [0.1, 0.15) is 5.00 Å².